The van der Waals surface area contributed by atoms with E-state index < -0.39 is 74.4 Å². The molecule has 1 aromatic carbocycles. The fourth-order valence-electron chi connectivity index (χ4n) is 7.17. The molecule has 6 rings (SSSR count). The normalized spacial score (nSPS) is 33.1. The fourth-order valence-corrected chi connectivity index (χ4v) is 7.17. The second-order valence-electron chi connectivity index (χ2n) is 11.0. The van der Waals surface area contributed by atoms with Gasteiger partial charge in [-0.05, 0) is 51.8 Å². The number of ketones is 2. The number of aliphatic hydroxyl groups excluding tert-OH is 1. The number of aromatic hydroxyl groups is 1. The van der Waals surface area contributed by atoms with Crippen LogP contribution in [0, 0.1) is 24.2 Å². The average molecular weight is 539 g/mol. The van der Waals surface area contributed by atoms with Gasteiger partial charge in [-0.15, -0.1) is 0 Å². The van der Waals surface area contributed by atoms with Gasteiger partial charge in [-0.1, -0.05) is 12.2 Å². The van der Waals surface area contributed by atoms with Crippen LogP contribution in [0.15, 0.2) is 44.8 Å². The molecule has 39 heavy (non-hydrogen) atoms. The van der Waals surface area contributed by atoms with Crippen molar-refractivity contribution >= 4 is 28.5 Å². The fraction of sp³-hybridized carbons (Fsp3) is 0.448. The molecule has 206 valence electrons. The zero-order chi connectivity index (χ0) is 28.8. The number of hydrogen-bond donors (Lipinski definition) is 4. The third-order valence-corrected chi connectivity index (χ3v) is 8.80. The second-order valence-corrected chi connectivity index (χ2v) is 11.0. The summed E-state index contributed by atoms with van der Waals surface area (Å²) in [5.41, 5.74) is -8.41. The van der Waals surface area contributed by atoms with Gasteiger partial charge in [-0.3, -0.25) is 14.4 Å². The molecule has 1 aromatic heterocycles. The van der Waals surface area contributed by atoms with Crippen molar-refractivity contribution in [1.29, 1.82) is 0 Å². The number of fused-ring (bicyclic) bond motifs is 3. The molecular weight excluding hydrogens is 508 g/mol. The van der Waals surface area contributed by atoms with Gasteiger partial charge in [0.25, 0.3) is 0 Å². The highest BCUT2D eigenvalue weighted by molar-refractivity contribution is 6.07. The highest BCUT2D eigenvalue weighted by Gasteiger charge is 2.79. The molecule has 0 saturated heterocycles. The molecule has 0 aliphatic heterocycles. The summed E-state index contributed by atoms with van der Waals surface area (Å²) in [7, 11) is 0.999. The van der Waals surface area contributed by atoms with Gasteiger partial charge in [0, 0.05) is 29.7 Å². The Labute approximate surface area is 223 Å². The predicted octanol–water partition coefficient (Wildman–Crippen LogP) is 2.59. The van der Waals surface area contributed by atoms with E-state index in [0.29, 0.717) is 12.0 Å². The first kappa shape index (κ1) is 26.8. The molecule has 2 bridgehead atoms. The number of carbonyl (C=O) groups excluding carboxylic acids is 3. The number of phenols is 1. The van der Waals surface area contributed by atoms with E-state index in [1.54, 1.807) is 26.0 Å². The van der Waals surface area contributed by atoms with Crippen LogP contribution in [0.5, 0.6) is 5.75 Å². The zero-order valence-electron chi connectivity index (χ0n) is 22.2. The number of allylic oxidation sites excluding steroid dienone is 3. The monoisotopic (exact) mass is 538 g/mol. The second kappa shape index (κ2) is 8.37. The summed E-state index contributed by atoms with van der Waals surface area (Å²) in [5.74, 6) is -8.38. The van der Waals surface area contributed by atoms with Crippen LogP contribution in [0.2, 0.25) is 0 Å². The Hall–Kier alpha value is -3.76. The van der Waals surface area contributed by atoms with Crippen LogP contribution in [-0.2, 0) is 24.7 Å². The number of carbonyl (C=O) groups is 3. The lowest BCUT2D eigenvalue weighted by molar-refractivity contribution is -0.198. The van der Waals surface area contributed by atoms with E-state index in [-0.39, 0.29) is 28.7 Å². The topological polar surface area (TPSA) is 172 Å². The van der Waals surface area contributed by atoms with Crippen LogP contribution in [0.1, 0.15) is 56.4 Å². The predicted molar refractivity (Wildman–Crippen MR) is 137 cm³/mol. The number of hydrogen-bond acceptors (Lipinski definition) is 10. The number of aryl methyl sites for hydroxylation is 1. The average Bonchev–Trinajstić information content (AvgIpc) is 3.13. The highest BCUT2D eigenvalue weighted by Crippen LogP contribution is 2.70. The summed E-state index contributed by atoms with van der Waals surface area (Å²) < 4.78 is 11.0. The van der Waals surface area contributed by atoms with Gasteiger partial charge in [0.05, 0.1) is 18.1 Å². The first-order valence-corrected chi connectivity index (χ1v) is 12.7. The molecule has 4 N–H and O–H groups in total. The Bertz CT molecular complexity index is 1590. The number of ether oxygens (including phenoxy) is 1. The number of esters is 1. The zero-order valence-corrected chi connectivity index (χ0v) is 22.2. The summed E-state index contributed by atoms with van der Waals surface area (Å²) in [6, 6.07) is 2.80. The lowest BCUT2D eigenvalue weighted by atomic mass is 9.44. The molecule has 1 fully saturated rings. The molecule has 0 radical (unpaired) electrons. The van der Waals surface area contributed by atoms with Crippen LogP contribution in [0.25, 0.3) is 11.0 Å². The SMILES string of the molecule is C/C=C/CCC(=O)C1=C(O)[C@]2(C)C(=O)[C@@](C)(O)[C@H]1[C@H]1[C@@H]2c2oc3cc(C)cc(O)c3c(=O)c2[C@]1(O)C(=O)OC. The molecule has 0 amide bonds. The molecule has 4 aliphatic rings. The largest absolute Gasteiger partial charge is 0.511 e. The summed E-state index contributed by atoms with van der Waals surface area (Å²) in [6.07, 6.45) is 3.72. The minimum Gasteiger partial charge on any atom is -0.511 e. The van der Waals surface area contributed by atoms with Crippen LogP contribution in [-0.4, -0.2) is 50.7 Å². The van der Waals surface area contributed by atoms with Gasteiger partial charge in [0.1, 0.15) is 33.8 Å². The molecule has 10 heteroatoms. The van der Waals surface area contributed by atoms with E-state index in [9.17, 15) is 39.6 Å². The molecule has 6 atom stereocenters. The van der Waals surface area contributed by atoms with E-state index in [0.717, 1.165) is 7.11 Å². The Balaban J connectivity index is 1.90. The number of phenolic OH excluding ortho intramolecular Hbond substituents is 1. The third kappa shape index (κ3) is 3.09. The summed E-state index contributed by atoms with van der Waals surface area (Å²) >= 11 is 0. The maximum atomic E-state index is 13.9. The maximum Gasteiger partial charge on any atom is 0.343 e. The number of methoxy groups -OCH3 is 1. The third-order valence-electron chi connectivity index (χ3n) is 8.80. The van der Waals surface area contributed by atoms with E-state index >= 15 is 0 Å². The van der Waals surface area contributed by atoms with E-state index in [2.05, 4.69) is 0 Å². The lowest BCUT2D eigenvalue weighted by Crippen LogP contribution is -2.69. The van der Waals surface area contributed by atoms with Gasteiger partial charge >= 0.3 is 5.97 Å². The summed E-state index contributed by atoms with van der Waals surface area (Å²) in [4.78, 5) is 54.5. The lowest BCUT2D eigenvalue weighted by Gasteiger charge is -2.58. The molecule has 1 saturated carbocycles. The van der Waals surface area contributed by atoms with Gasteiger partial charge < -0.3 is 29.6 Å². The van der Waals surface area contributed by atoms with E-state index in [4.69, 9.17) is 9.15 Å². The molecule has 0 spiro atoms. The van der Waals surface area contributed by atoms with Crippen molar-refractivity contribution in [3.63, 3.8) is 0 Å². The van der Waals surface area contributed by atoms with Gasteiger partial charge in [0.15, 0.2) is 17.2 Å². The first-order valence-electron chi connectivity index (χ1n) is 12.7. The minimum atomic E-state index is -2.78. The van der Waals surface area contributed by atoms with Crippen LogP contribution < -0.4 is 5.43 Å². The number of rotatable bonds is 5. The smallest absolute Gasteiger partial charge is 0.343 e. The van der Waals surface area contributed by atoms with Crippen molar-refractivity contribution in [3.05, 3.63) is 62.7 Å². The van der Waals surface area contributed by atoms with Gasteiger partial charge in [0.2, 0.25) is 5.43 Å². The summed E-state index contributed by atoms with van der Waals surface area (Å²) in [6.45, 7) is 5.90. The standard InChI is InChI=1S/C29H30O10/c1-6-7-8-9-13(30)17-18-19-20(27(3,24(17)33)25(34)28(18,4)36)23-21(29(19,37)26(35)38-5)22(32)16-14(31)10-12(2)11-15(16)39-23/h6-7,10-11,18-20,31,33,36-37H,8-9H2,1-5H3/b7-6+/t18-,19+,20-,27-,28+,29+/m1/s1. The highest BCUT2D eigenvalue weighted by atomic mass is 16.5. The van der Waals surface area contributed by atoms with Crippen molar-refractivity contribution < 1.29 is 44.0 Å². The molecule has 4 aliphatic carbocycles. The van der Waals surface area contributed by atoms with Crippen LogP contribution in [0.4, 0.5) is 0 Å². The molecular formula is C29H30O10. The molecule has 1 heterocycles. The van der Waals surface area contributed by atoms with Crippen molar-refractivity contribution in [2.24, 2.45) is 17.3 Å². The minimum absolute atomic E-state index is 0.0560. The Morgan fingerprint density at radius 1 is 1.13 bits per heavy atom. The number of benzene rings is 1. The van der Waals surface area contributed by atoms with Gasteiger partial charge in [-0.25, -0.2) is 4.79 Å². The van der Waals surface area contributed by atoms with Crippen LogP contribution in [0.3, 0.4) is 0 Å². The van der Waals surface area contributed by atoms with Crippen LogP contribution >= 0.6 is 0 Å². The van der Waals surface area contributed by atoms with Crippen molar-refractivity contribution in [1.82, 2.24) is 0 Å². The Morgan fingerprint density at radius 2 is 1.79 bits per heavy atom. The van der Waals surface area contributed by atoms with Gasteiger partial charge in [-0.2, -0.15) is 0 Å². The molecule has 0 unspecified atom stereocenters. The molecule has 2 aromatic rings. The number of aliphatic hydroxyl groups is 3. The Kier molecular flexibility index (Phi) is 5.76. The van der Waals surface area contributed by atoms with E-state index in [1.807, 2.05) is 0 Å². The quantitative estimate of drug-likeness (QED) is 0.327. The first-order chi connectivity index (χ1) is 18.2. The number of Topliss-reactive ketones (excluding diaryl/α,β-unsaturated/α-hetero) is 2. The van der Waals surface area contributed by atoms with Crippen molar-refractivity contribution in [2.45, 2.75) is 57.7 Å². The Morgan fingerprint density at radius 3 is 2.41 bits per heavy atom. The van der Waals surface area contributed by atoms with Crippen molar-refractivity contribution in [2.75, 3.05) is 7.11 Å². The summed E-state index contributed by atoms with van der Waals surface area (Å²) in [5, 5.41) is 45.6. The van der Waals surface area contributed by atoms with Crippen molar-refractivity contribution in [3.8, 4) is 5.75 Å². The van der Waals surface area contributed by atoms with E-state index in [1.165, 1.54) is 26.0 Å². The maximum absolute atomic E-state index is 13.9. The molecule has 10 nitrogen and oxygen atoms in total.